The van der Waals surface area contributed by atoms with Crippen LogP contribution in [0, 0.1) is 17.3 Å². The van der Waals surface area contributed by atoms with Gasteiger partial charge in [0.2, 0.25) is 5.91 Å². The van der Waals surface area contributed by atoms with Crippen LogP contribution in [0.4, 0.5) is 0 Å². The van der Waals surface area contributed by atoms with Crippen LogP contribution < -0.4 is 5.32 Å². The summed E-state index contributed by atoms with van der Waals surface area (Å²) in [7, 11) is -3.04. The van der Waals surface area contributed by atoms with Crippen molar-refractivity contribution in [2.24, 2.45) is 17.3 Å². The van der Waals surface area contributed by atoms with Crippen molar-refractivity contribution >= 4 is 21.7 Å². The number of rotatable bonds is 6. The average Bonchev–Trinajstić information content (AvgIpc) is 3.06. The van der Waals surface area contributed by atoms with Crippen LogP contribution in [0.3, 0.4) is 0 Å². The highest BCUT2D eigenvalue weighted by molar-refractivity contribution is 7.90. The molecule has 0 bridgehead atoms. The van der Waals surface area contributed by atoms with Gasteiger partial charge in [0.05, 0.1) is 17.6 Å². The molecular formula is C11H17NO5S. The number of sulfone groups is 1. The normalized spacial score (nSPS) is 28.5. The Balaban J connectivity index is 1.79. The third-order valence-corrected chi connectivity index (χ3v) is 4.74. The van der Waals surface area contributed by atoms with Gasteiger partial charge in [0.15, 0.2) is 0 Å². The van der Waals surface area contributed by atoms with E-state index in [2.05, 4.69) is 5.32 Å². The minimum Gasteiger partial charge on any atom is -0.481 e. The number of carbonyl (C=O) groups excluding carboxylic acids is 1. The Bertz CT molecular complexity index is 480. The zero-order valence-electron chi connectivity index (χ0n) is 10.2. The van der Waals surface area contributed by atoms with Gasteiger partial charge in [-0.2, -0.15) is 0 Å². The molecule has 0 spiro atoms. The zero-order chi connectivity index (χ0) is 13.6. The van der Waals surface area contributed by atoms with Crippen molar-refractivity contribution in [3.05, 3.63) is 0 Å². The number of amides is 1. The summed E-state index contributed by atoms with van der Waals surface area (Å²) in [5.74, 6) is -2.10. The fourth-order valence-corrected chi connectivity index (χ4v) is 3.77. The van der Waals surface area contributed by atoms with Crippen LogP contribution in [0.15, 0.2) is 0 Å². The lowest BCUT2D eigenvalue weighted by Gasteiger charge is -2.14. The van der Waals surface area contributed by atoms with Gasteiger partial charge in [-0.3, -0.25) is 9.59 Å². The van der Waals surface area contributed by atoms with E-state index in [4.69, 9.17) is 5.11 Å². The van der Waals surface area contributed by atoms with E-state index in [1.165, 1.54) is 6.26 Å². The van der Waals surface area contributed by atoms with Gasteiger partial charge < -0.3 is 10.4 Å². The first-order valence-corrected chi connectivity index (χ1v) is 7.97. The molecule has 7 heteroatoms. The Morgan fingerprint density at radius 1 is 1.33 bits per heavy atom. The molecule has 2 rings (SSSR count). The van der Waals surface area contributed by atoms with Crippen molar-refractivity contribution < 1.29 is 23.1 Å². The predicted molar refractivity (Wildman–Crippen MR) is 63.6 cm³/mol. The standard InChI is InChI=1S/C11H17NO5S/c1-18(16,17)6-11(2-3-11)5-12-9(13)7-4-8(7)10(14)15/h7-8H,2-6H2,1H3,(H,12,13)(H,14,15). The number of hydrogen-bond donors (Lipinski definition) is 2. The Hall–Kier alpha value is -1.11. The van der Waals surface area contributed by atoms with E-state index in [-0.39, 0.29) is 17.1 Å². The smallest absolute Gasteiger partial charge is 0.307 e. The monoisotopic (exact) mass is 275 g/mol. The van der Waals surface area contributed by atoms with Crippen molar-refractivity contribution in [3.63, 3.8) is 0 Å². The van der Waals surface area contributed by atoms with Crippen molar-refractivity contribution in [1.29, 1.82) is 0 Å². The van der Waals surface area contributed by atoms with Crippen LogP contribution in [0.25, 0.3) is 0 Å². The summed E-state index contributed by atoms with van der Waals surface area (Å²) in [6, 6.07) is 0. The van der Waals surface area contributed by atoms with Crippen LogP contribution in [0.2, 0.25) is 0 Å². The summed E-state index contributed by atoms with van der Waals surface area (Å²) in [5.41, 5.74) is -0.309. The SMILES string of the molecule is CS(=O)(=O)CC1(CNC(=O)C2CC2C(=O)O)CC1. The number of nitrogens with one attached hydrogen (secondary N) is 1. The third kappa shape index (κ3) is 3.22. The second-order valence-electron chi connectivity index (χ2n) is 5.57. The Morgan fingerprint density at radius 3 is 2.33 bits per heavy atom. The molecule has 6 nitrogen and oxygen atoms in total. The fraction of sp³-hybridized carbons (Fsp3) is 0.818. The molecule has 2 atom stereocenters. The first-order chi connectivity index (χ1) is 8.22. The predicted octanol–water partition coefficient (Wildman–Crippen LogP) is -0.352. The minimum absolute atomic E-state index is 0.0906. The minimum atomic E-state index is -3.04. The van der Waals surface area contributed by atoms with Gasteiger partial charge >= 0.3 is 5.97 Å². The van der Waals surface area contributed by atoms with Crippen LogP contribution in [0.5, 0.6) is 0 Å². The summed E-state index contributed by atoms with van der Waals surface area (Å²) < 4.78 is 22.5. The summed E-state index contributed by atoms with van der Waals surface area (Å²) in [6.07, 6.45) is 3.18. The van der Waals surface area contributed by atoms with Crippen molar-refractivity contribution in [2.75, 3.05) is 18.6 Å². The largest absolute Gasteiger partial charge is 0.481 e. The molecule has 2 saturated carbocycles. The lowest BCUT2D eigenvalue weighted by Crippen LogP contribution is -2.35. The van der Waals surface area contributed by atoms with Crippen molar-refractivity contribution in [3.8, 4) is 0 Å². The molecule has 2 unspecified atom stereocenters. The number of aliphatic carboxylic acids is 1. The highest BCUT2D eigenvalue weighted by Gasteiger charge is 2.50. The van der Waals surface area contributed by atoms with E-state index in [0.29, 0.717) is 13.0 Å². The lowest BCUT2D eigenvalue weighted by molar-refractivity contribution is -0.140. The maximum atomic E-state index is 11.6. The topological polar surface area (TPSA) is 101 Å². The van der Waals surface area contributed by atoms with Gasteiger partial charge in [-0.15, -0.1) is 0 Å². The van der Waals surface area contributed by atoms with Crippen molar-refractivity contribution in [1.82, 2.24) is 5.32 Å². The summed E-state index contributed by atoms with van der Waals surface area (Å²) in [6.45, 7) is 0.335. The maximum Gasteiger partial charge on any atom is 0.307 e. The molecule has 2 aliphatic rings. The number of carboxylic acid groups (broad SMARTS) is 1. The molecule has 2 aliphatic carbocycles. The summed E-state index contributed by atoms with van der Waals surface area (Å²) >= 11 is 0. The number of hydrogen-bond acceptors (Lipinski definition) is 4. The van der Waals surface area contributed by atoms with Gasteiger partial charge in [0.1, 0.15) is 9.84 Å². The van der Waals surface area contributed by atoms with Gasteiger partial charge in [-0.25, -0.2) is 8.42 Å². The van der Waals surface area contributed by atoms with Crippen LogP contribution in [-0.4, -0.2) is 44.0 Å². The average molecular weight is 275 g/mol. The second kappa shape index (κ2) is 4.22. The van der Waals surface area contributed by atoms with E-state index in [0.717, 1.165) is 12.8 Å². The van der Waals surface area contributed by atoms with E-state index in [9.17, 15) is 18.0 Å². The highest BCUT2D eigenvalue weighted by atomic mass is 32.2. The van der Waals surface area contributed by atoms with E-state index in [1.807, 2.05) is 0 Å². The summed E-state index contributed by atoms with van der Waals surface area (Å²) in [5, 5.41) is 11.4. The highest BCUT2D eigenvalue weighted by Crippen LogP contribution is 2.46. The van der Waals surface area contributed by atoms with Gasteiger partial charge in [-0.1, -0.05) is 0 Å². The zero-order valence-corrected chi connectivity index (χ0v) is 11.0. The molecule has 0 aromatic rings. The van der Waals surface area contributed by atoms with E-state index >= 15 is 0 Å². The molecule has 0 radical (unpaired) electrons. The Morgan fingerprint density at radius 2 is 1.94 bits per heavy atom. The maximum absolute atomic E-state index is 11.6. The van der Waals surface area contributed by atoms with E-state index < -0.39 is 27.6 Å². The number of carboxylic acids is 1. The molecule has 2 N–H and O–H groups in total. The molecule has 0 aromatic heterocycles. The van der Waals surface area contributed by atoms with Crippen LogP contribution >= 0.6 is 0 Å². The molecule has 2 fully saturated rings. The third-order valence-electron chi connectivity index (χ3n) is 3.61. The van der Waals surface area contributed by atoms with Crippen molar-refractivity contribution in [2.45, 2.75) is 19.3 Å². The van der Waals surface area contributed by atoms with Crippen LogP contribution in [-0.2, 0) is 19.4 Å². The molecule has 18 heavy (non-hydrogen) atoms. The summed E-state index contributed by atoms with van der Waals surface area (Å²) in [4.78, 5) is 22.3. The molecule has 0 aliphatic heterocycles. The molecule has 102 valence electrons. The second-order valence-corrected chi connectivity index (χ2v) is 7.71. The van der Waals surface area contributed by atoms with Gasteiger partial charge in [0.25, 0.3) is 0 Å². The Kier molecular flexibility index (Phi) is 3.12. The van der Waals surface area contributed by atoms with Gasteiger partial charge in [-0.05, 0) is 19.3 Å². The molecular weight excluding hydrogens is 258 g/mol. The number of carbonyl (C=O) groups is 2. The Labute approximate surface area is 106 Å². The fourth-order valence-electron chi connectivity index (χ4n) is 2.27. The molecule has 0 saturated heterocycles. The first kappa shape index (κ1) is 13.3. The lowest BCUT2D eigenvalue weighted by atomic mass is 10.1. The molecule has 0 aromatic carbocycles. The molecule has 0 heterocycles. The first-order valence-electron chi connectivity index (χ1n) is 5.91. The van der Waals surface area contributed by atoms with Gasteiger partial charge in [0, 0.05) is 18.2 Å². The van der Waals surface area contributed by atoms with Crippen LogP contribution in [0.1, 0.15) is 19.3 Å². The molecule has 1 amide bonds. The quantitative estimate of drug-likeness (QED) is 0.690. The van der Waals surface area contributed by atoms with E-state index in [1.54, 1.807) is 0 Å².